The molecular formula is C18H20O3S. The summed E-state index contributed by atoms with van der Waals surface area (Å²) in [4.78, 5) is 10.5. The van der Waals surface area contributed by atoms with Crippen LogP contribution in [0.2, 0.25) is 0 Å². The fourth-order valence-electron chi connectivity index (χ4n) is 2.02. The molecule has 116 valence electrons. The standard InChI is InChI=1S/C18H20O3S/c1-14-5-7-15(8-6-14)9-10-21-17-4-2-3-16(11-17)12-22-13-18(19)20/h2-8,11H,9-10,12-13H2,1H3,(H,19,20). The first-order valence-electron chi connectivity index (χ1n) is 7.20. The lowest BCUT2D eigenvalue weighted by molar-refractivity contribution is -0.133. The van der Waals surface area contributed by atoms with E-state index in [-0.39, 0.29) is 5.75 Å². The number of carboxylic acid groups (broad SMARTS) is 1. The fourth-order valence-corrected chi connectivity index (χ4v) is 2.71. The van der Waals surface area contributed by atoms with Gasteiger partial charge >= 0.3 is 5.97 Å². The summed E-state index contributed by atoms with van der Waals surface area (Å²) < 4.78 is 5.78. The molecule has 0 amide bonds. The van der Waals surface area contributed by atoms with Crippen molar-refractivity contribution in [3.63, 3.8) is 0 Å². The topological polar surface area (TPSA) is 46.5 Å². The van der Waals surface area contributed by atoms with Crippen molar-refractivity contribution in [3.05, 3.63) is 65.2 Å². The van der Waals surface area contributed by atoms with Gasteiger partial charge in [0.2, 0.25) is 0 Å². The number of hydrogen-bond acceptors (Lipinski definition) is 3. The molecule has 0 aliphatic carbocycles. The molecule has 4 heteroatoms. The van der Waals surface area contributed by atoms with Crippen LogP contribution >= 0.6 is 11.8 Å². The van der Waals surface area contributed by atoms with Gasteiger partial charge in [-0.25, -0.2) is 0 Å². The number of rotatable bonds is 8. The van der Waals surface area contributed by atoms with Crippen LogP contribution in [0.15, 0.2) is 48.5 Å². The highest BCUT2D eigenvalue weighted by Gasteiger charge is 2.01. The second-order valence-corrected chi connectivity index (χ2v) is 6.10. The number of benzene rings is 2. The van der Waals surface area contributed by atoms with Crippen molar-refractivity contribution in [2.45, 2.75) is 19.1 Å². The van der Waals surface area contributed by atoms with Gasteiger partial charge in [0.1, 0.15) is 5.75 Å². The van der Waals surface area contributed by atoms with Crippen LogP contribution in [0.5, 0.6) is 5.75 Å². The van der Waals surface area contributed by atoms with E-state index in [0.717, 1.165) is 17.7 Å². The SMILES string of the molecule is Cc1ccc(CCOc2cccc(CSCC(=O)O)c2)cc1. The van der Waals surface area contributed by atoms with Crippen molar-refractivity contribution in [3.8, 4) is 5.75 Å². The van der Waals surface area contributed by atoms with E-state index in [9.17, 15) is 4.79 Å². The number of aliphatic carboxylic acids is 1. The smallest absolute Gasteiger partial charge is 0.313 e. The zero-order valence-corrected chi connectivity index (χ0v) is 13.4. The molecule has 0 fully saturated rings. The molecule has 22 heavy (non-hydrogen) atoms. The summed E-state index contributed by atoms with van der Waals surface area (Å²) >= 11 is 1.39. The van der Waals surface area contributed by atoms with Crippen molar-refractivity contribution in [1.82, 2.24) is 0 Å². The highest BCUT2D eigenvalue weighted by Crippen LogP contribution is 2.18. The largest absolute Gasteiger partial charge is 0.493 e. The minimum atomic E-state index is -0.782. The Kier molecular flexibility index (Phi) is 6.34. The van der Waals surface area contributed by atoms with E-state index in [1.165, 1.54) is 22.9 Å². The molecule has 0 spiro atoms. The van der Waals surface area contributed by atoms with Crippen LogP contribution in [-0.4, -0.2) is 23.4 Å². The third kappa shape index (κ3) is 5.82. The molecule has 0 saturated heterocycles. The molecule has 0 unspecified atom stereocenters. The molecular weight excluding hydrogens is 296 g/mol. The number of carbonyl (C=O) groups is 1. The predicted octanol–water partition coefficient (Wildman–Crippen LogP) is 3.93. The molecule has 3 nitrogen and oxygen atoms in total. The summed E-state index contributed by atoms with van der Waals surface area (Å²) in [5, 5.41) is 8.64. The van der Waals surface area contributed by atoms with Gasteiger partial charge in [0.25, 0.3) is 0 Å². The molecule has 0 aromatic heterocycles. The van der Waals surface area contributed by atoms with Gasteiger partial charge in [-0.1, -0.05) is 42.0 Å². The van der Waals surface area contributed by atoms with E-state index in [4.69, 9.17) is 9.84 Å². The highest BCUT2D eigenvalue weighted by atomic mass is 32.2. The Labute approximate surface area is 135 Å². The zero-order chi connectivity index (χ0) is 15.8. The van der Waals surface area contributed by atoms with E-state index in [1.54, 1.807) is 0 Å². The monoisotopic (exact) mass is 316 g/mol. The van der Waals surface area contributed by atoms with Crippen LogP contribution in [0.4, 0.5) is 0 Å². The Balaban J connectivity index is 1.80. The molecule has 0 atom stereocenters. The maximum Gasteiger partial charge on any atom is 0.313 e. The second kappa shape index (κ2) is 8.49. The van der Waals surface area contributed by atoms with Crippen LogP contribution in [0, 0.1) is 6.92 Å². The Bertz CT molecular complexity index is 608. The zero-order valence-electron chi connectivity index (χ0n) is 12.6. The van der Waals surface area contributed by atoms with E-state index in [2.05, 4.69) is 31.2 Å². The van der Waals surface area contributed by atoms with E-state index < -0.39 is 5.97 Å². The average molecular weight is 316 g/mol. The number of ether oxygens (including phenoxy) is 1. The molecule has 1 N–H and O–H groups in total. The van der Waals surface area contributed by atoms with Crippen LogP contribution in [0.25, 0.3) is 0 Å². The van der Waals surface area contributed by atoms with Gasteiger partial charge < -0.3 is 9.84 Å². The van der Waals surface area contributed by atoms with Crippen molar-refractivity contribution < 1.29 is 14.6 Å². The van der Waals surface area contributed by atoms with E-state index >= 15 is 0 Å². The molecule has 0 aliphatic rings. The summed E-state index contributed by atoms with van der Waals surface area (Å²) in [6.45, 7) is 2.71. The lowest BCUT2D eigenvalue weighted by Gasteiger charge is -2.08. The Morgan fingerprint density at radius 3 is 2.64 bits per heavy atom. The van der Waals surface area contributed by atoms with Gasteiger partial charge in [-0.15, -0.1) is 11.8 Å². The predicted molar refractivity (Wildman–Crippen MR) is 90.6 cm³/mol. The quantitative estimate of drug-likeness (QED) is 0.801. The van der Waals surface area contributed by atoms with Gasteiger partial charge in [0, 0.05) is 12.2 Å². The van der Waals surface area contributed by atoms with Gasteiger partial charge in [0.15, 0.2) is 0 Å². The first kappa shape index (κ1) is 16.4. The number of aryl methyl sites for hydroxylation is 1. The molecule has 2 rings (SSSR count). The normalized spacial score (nSPS) is 10.4. The molecule has 0 heterocycles. The molecule has 0 bridgehead atoms. The molecule has 0 aliphatic heterocycles. The van der Waals surface area contributed by atoms with Gasteiger partial charge in [-0.2, -0.15) is 0 Å². The second-order valence-electron chi connectivity index (χ2n) is 5.12. The minimum absolute atomic E-state index is 0.124. The van der Waals surface area contributed by atoms with Gasteiger partial charge in [0.05, 0.1) is 12.4 Å². The van der Waals surface area contributed by atoms with E-state index in [1.807, 2.05) is 24.3 Å². The highest BCUT2D eigenvalue weighted by molar-refractivity contribution is 7.99. The summed E-state index contributed by atoms with van der Waals surface area (Å²) in [7, 11) is 0. The summed E-state index contributed by atoms with van der Waals surface area (Å²) in [6.07, 6.45) is 0.873. The lowest BCUT2D eigenvalue weighted by atomic mass is 10.1. The van der Waals surface area contributed by atoms with Gasteiger partial charge in [-0.3, -0.25) is 4.79 Å². The Hall–Kier alpha value is -1.94. The number of hydrogen-bond donors (Lipinski definition) is 1. The molecule has 2 aromatic rings. The molecule has 2 aromatic carbocycles. The molecule has 0 radical (unpaired) electrons. The first-order chi connectivity index (χ1) is 10.6. The summed E-state index contributed by atoms with van der Waals surface area (Å²) in [6, 6.07) is 16.3. The lowest BCUT2D eigenvalue weighted by Crippen LogP contribution is -2.02. The molecule has 0 saturated carbocycles. The summed E-state index contributed by atoms with van der Waals surface area (Å²) in [5.74, 6) is 0.857. The fraction of sp³-hybridized carbons (Fsp3) is 0.278. The van der Waals surface area contributed by atoms with Crippen LogP contribution < -0.4 is 4.74 Å². The average Bonchev–Trinajstić information content (AvgIpc) is 2.49. The Morgan fingerprint density at radius 1 is 1.14 bits per heavy atom. The van der Waals surface area contributed by atoms with E-state index in [0.29, 0.717) is 12.4 Å². The van der Waals surface area contributed by atoms with Crippen molar-refractivity contribution in [1.29, 1.82) is 0 Å². The maximum atomic E-state index is 10.5. The van der Waals surface area contributed by atoms with Crippen LogP contribution in [0.1, 0.15) is 16.7 Å². The Morgan fingerprint density at radius 2 is 1.91 bits per heavy atom. The maximum absolute atomic E-state index is 10.5. The van der Waals surface area contributed by atoms with Crippen molar-refractivity contribution in [2.75, 3.05) is 12.4 Å². The number of carboxylic acids is 1. The minimum Gasteiger partial charge on any atom is -0.493 e. The third-order valence-electron chi connectivity index (χ3n) is 3.17. The van der Waals surface area contributed by atoms with Crippen molar-refractivity contribution in [2.24, 2.45) is 0 Å². The van der Waals surface area contributed by atoms with Crippen molar-refractivity contribution >= 4 is 17.7 Å². The number of thioether (sulfide) groups is 1. The van der Waals surface area contributed by atoms with Crippen LogP contribution in [0.3, 0.4) is 0 Å². The van der Waals surface area contributed by atoms with Gasteiger partial charge in [-0.05, 0) is 30.2 Å². The van der Waals surface area contributed by atoms with Crippen LogP contribution in [-0.2, 0) is 17.0 Å². The summed E-state index contributed by atoms with van der Waals surface area (Å²) in [5.41, 5.74) is 3.61. The first-order valence-corrected chi connectivity index (χ1v) is 8.36. The third-order valence-corrected chi connectivity index (χ3v) is 4.16.